The number of imidazole rings is 1. The number of phenols is 1. The number of ether oxygens (including phenoxy) is 3. The summed E-state index contributed by atoms with van der Waals surface area (Å²) in [5, 5.41) is 21.6. The van der Waals surface area contributed by atoms with E-state index in [0.717, 1.165) is 49.6 Å². The lowest BCUT2D eigenvalue weighted by molar-refractivity contribution is -0.389. The molecule has 0 unspecified atom stereocenters. The molecule has 1 saturated heterocycles. The van der Waals surface area contributed by atoms with Crippen LogP contribution in [0.2, 0.25) is 0 Å². The van der Waals surface area contributed by atoms with Crippen LogP contribution < -0.4 is 19.1 Å². The van der Waals surface area contributed by atoms with E-state index in [1.54, 1.807) is 16.7 Å². The fourth-order valence-electron chi connectivity index (χ4n) is 5.41. The van der Waals surface area contributed by atoms with Crippen molar-refractivity contribution >= 4 is 23.9 Å². The minimum Gasteiger partial charge on any atom is -0.507 e. The quantitative estimate of drug-likeness (QED) is 0.158. The normalized spacial score (nSPS) is 16.5. The summed E-state index contributed by atoms with van der Waals surface area (Å²) >= 11 is 0. The van der Waals surface area contributed by atoms with Crippen LogP contribution in [0.4, 0.5) is 24.7 Å². The zero-order chi connectivity index (χ0) is 32.3. The van der Waals surface area contributed by atoms with Crippen LogP contribution in [0.25, 0.3) is 0 Å². The number of alkyl halides is 3. The Bertz CT molecular complexity index is 1660. The van der Waals surface area contributed by atoms with Gasteiger partial charge in [0, 0.05) is 68.0 Å². The lowest BCUT2D eigenvalue weighted by Crippen LogP contribution is -2.45. The molecule has 4 aromatic rings. The molecule has 250 valence electrons. The first-order chi connectivity index (χ1) is 22.1. The highest BCUT2D eigenvalue weighted by Gasteiger charge is 2.30. The maximum absolute atomic E-state index is 12.8. The molecule has 1 aromatic heterocycles. The minimum atomic E-state index is -4.38. The highest BCUT2D eigenvalue weighted by Crippen LogP contribution is 2.30. The summed E-state index contributed by atoms with van der Waals surface area (Å²) in [6.45, 7) is 4.76. The molecular weight excluding hydrogens is 643 g/mol. The van der Waals surface area contributed by atoms with E-state index in [4.69, 9.17) is 14.2 Å². The summed E-state index contributed by atoms with van der Waals surface area (Å²) in [6.07, 6.45) is -2.60. The number of aromatic hydroxyl groups is 1. The van der Waals surface area contributed by atoms with Gasteiger partial charge in [-0.15, -0.1) is 12.4 Å². The molecule has 2 aliphatic heterocycles. The number of nitrogens with zero attached hydrogens (tertiary/aromatic N) is 5. The number of anilines is 1. The maximum atomic E-state index is 12.8. The molecule has 2 aliphatic rings. The SMILES string of the molecule is Cl.O=[N+]([O-])c1cn2c(n1)O[C@@H](COc1ccc(N3CCN(Cc4ccc(OCc5ccc(C(F)(F)F)cc5)cc4O)CC3)cc1)CC2. The van der Waals surface area contributed by atoms with E-state index in [-0.39, 0.29) is 42.7 Å². The Hall–Kier alpha value is -4.69. The first-order valence-corrected chi connectivity index (χ1v) is 14.8. The van der Waals surface area contributed by atoms with E-state index in [1.807, 2.05) is 24.3 Å². The molecule has 1 N–H and O–H groups in total. The number of phenolic OH excluding ortho intramolecular Hbond substituents is 1. The standard InChI is InChI=1S/C32H32F3N5O6.ClH/c33-32(34,35)24-4-1-22(2-5-24)20-44-27-8-3-23(29(41)17-27)18-37-13-15-38(16-14-37)25-6-9-26(10-7-25)45-21-28-11-12-39-19-30(40(42)43)36-31(39)46-28;/h1-10,17,19,28,41H,11-16,18,20-21H2;1H/t28-;/m1./s1. The molecule has 0 amide bonds. The van der Waals surface area contributed by atoms with E-state index < -0.39 is 16.7 Å². The van der Waals surface area contributed by atoms with Gasteiger partial charge in [0.05, 0.1) is 5.56 Å². The summed E-state index contributed by atoms with van der Waals surface area (Å²) < 4.78 is 57.3. The highest BCUT2D eigenvalue weighted by molar-refractivity contribution is 5.85. The average Bonchev–Trinajstić information content (AvgIpc) is 3.49. The molecule has 1 fully saturated rings. The van der Waals surface area contributed by atoms with Crippen LogP contribution in [0.1, 0.15) is 23.1 Å². The van der Waals surface area contributed by atoms with Gasteiger partial charge in [0.1, 0.15) is 42.8 Å². The second kappa shape index (κ2) is 14.4. The Balaban J connectivity index is 0.00000433. The largest absolute Gasteiger partial charge is 0.507 e. The van der Waals surface area contributed by atoms with E-state index in [0.29, 0.717) is 43.2 Å². The number of hydrogen-bond donors (Lipinski definition) is 1. The van der Waals surface area contributed by atoms with Crippen LogP contribution in [0.3, 0.4) is 0 Å². The fraction of sp³-hybridized carbons (Fsp3) is 0.344. The summed E-state index contributed by atoms with van der Waals surface area (Å²) in [4.78, 5) is 18.9. The van der Waals surface area contributed by atoms with Crippen LogP contribution in [0.5, 0.6) is 23.3 Å². The van der Waals surface area contributed by atoms with Gasteiger partial charge in [-0.2, -0.15) is 13.2 Å². The molecule has 0 aliphatic carbocycles. The number of nitro groups is 1. The van der Waals surface area contributed by atoms with Crippen LogP contribution in [-0.4, -0.2) is 63.4 Å². The Kier molecular flexibility index (Phi) is 10.3. The van der Waals surface area contributed by atoms with Crippen LogP contribution in [0.15, 0.2) is 72.9 Å². The van der Waals surface area contributed by atoms with Crippen LogP contribution >= 0.6 is 12.4 Å². The van der Waals surface area contributed by atoms with E-state index in [9.17, 15) is 28.4 Å². The van der Waals surface area contributed by atoms with E-state index in [2.05, 4.69) is 14.8 Å². The van der Waals surface area contributed by atoms with Crippen molar-refractivity contribution in [1.29, 1.82) is 0 Å². The second-order valence-corrected chi connectivity index (χ2v) is 11.2. The second-order valence-electron chi connectivity index (χ2n) is 11.2. The van der Waals surface area contributed by atoms with Crippen LogP contribution in [0, 0.1) is 10.1 Å². The van der Waals surface area contributed by atoms with Gasteiger partial charge in [0.25, 0.3) is 0 Å². The van der Waals surface area contributed by atoms with Gasteiger partial charge in [-0.3, -0.25) is 9.47 Å². The molecular formula is C32H33ClF3N5O6. The van der Waals surface area contributed by atoms with Crippen molar-refractivity contribution in [3.63, 3.8) is 0 Å². The minimum absolute atomic E-state index is 0. The number of rotatable bonds is 10. The van der Waals surface area contributed by atoms with E-state index in [1.165, 1.54) is 24.4 Å². The lowest BCUT2D eigenvalue weighted by Gasteiger charge is -2.36. The van der Waals surface area contributed by atoms with Gasteiger partial charge >= 0.3 is 18.0 Å². The predicted molar refractivity (Wildman–Crippen MR) is 168 cm³/mol. The van der Waals surface area contributed by atoms with Crippen molar-refractivity contribution in [1.82, 2.24) is 14.5 Å². The Morgan fingerprint density at radius 1 is 0.957 bits per heavy atom. The molecule has 47 heavy (non-hydrogen) atoms. The molecule has 15 heteroatoms. The Morgan fingerprint density at radius 3 is 2.32 bits per heavy atom. The van der Waals surface area contributed by atoms with Crippen molar-refractivity contribution < 1.29 is 37.4 Å². The molecule has 3 aromatic carbocycles. The molecule has 0 radical (unpaired) electrons. The molecule has 0 spiro atoms. The van der Waals surface area contributed by atoms with Gasteiger partial charge in [0.15, 0.2) is 0 Å². The molecule has 3 heterocycles. The maximum Gasteiger partial charge on any atom is 0.416 e. The number of piperazine rings is 1. The van der Waals surface area contributed by atoms with Gasteiger partial charge in [0.2, 0.25) is 0 Å². The third-order valence-corrected chi connectivity index (χ3v) is 8.03. The Labute approximate surface area is 274 Å². The monoisotopic (exact) mass is 675 g/mol. The molecule has 11 nitrogen and oxygen atoms in total. The number of benzene rings is 3. The number of aromatic nitrogens is 2. The van der Waals surface area contributed by atoms with Crippen molar-refractivity contribution in [2.24, 2.45) is 0 Å². The topological polar surface area (TPSA) is 115 Å². The first-order valence-electron chi connectivity index (χ1n) is 14.8. The third kappa shape index (κ3) is 8.37. The highest BCUT2D eigenvalue weighted by atomic mass is 35.5. The van der Waals surface area contributed by atoms with Crippen molar-refractivity contribution in [3.8, 4) is 23.3 Å². The molecule has 0 saturated carbocycles. The lowest BCUT2D eigenvalue weighted by atomic mass is 10.1. The van der Waals surface area contributed by atoms with Crippen LogP contribution in [-0.2, 0) is 25.9 Å². The summed E-state index contributed by atoms with van der Waals surface area (Å²) in [6, 6.07) is 18.0. The smallest absolute Gasteiger partial charge is 0.416 e. The molecule has 1 atom stereocenters. The first kappa shape index (κ1) is 33.7. The van der Waals surface area contributed by atoms with Gasteiger partial charge < -0.3 is 34.3 Å². The van der Waals surface area contributed by atoms with Gasteiger partial charge in [-0.25, -0.2) is 0 Å². The average molecular weight is 676 g/mol. The number of fused-ring (bicyclic) bond motifs is 1. The van der Waals surface area contributed by atoms with Crippen molar-refractivity contribution in [3.05, 3.63) is 99.7 Å². The number of aryl methyl sites for hydroxylation is 1. The summed E-state index contributed by atoms with van der Waals surface area (Å²) in [7, 11) is 0. The zero-order valence-electron chi connectivity index (χ0n) is 25.1. The summed E-state index contributed by atoms with van der Waals surface area (Å²) in [5.41, 5.74) is 1.73. The fourth-order valence-corrected chi connectivity index (χ4v) is 5.41. The predicted octanol–water partition coefficient (Wildman–Crippen LogP) is 6.07. The zero-order valence-corrected chi connectivity index (χ0v) is 26.0. The molecule has 6 rings (SSSR count). The van der Waals surface area contributed by atoms with Crippen molar-refractivity contribution in [2.45, 2.75) is 38.4 Å². The summed E-state index contributed by atoms with van der Waals surface area (Å²) in [5.74, 6) is 1.01. The van der Waals surface area contributed by atoms with E-state index >= 15 is 0 Å². The number of hydrogen-bond acceptors (Lipinski definition) is 9. The number of halogens is 4. The Morgan fingerprint density at radius 2 is 1.66 bits per heavy atom. The molecule has 0 bridgehead atoms. The van der Waals surface area contributed by atoms with Gasteiger partial charge in [-0.05, 0) is 53.0 Å². The van der Waals surface area contributed by atoms with Gasteiger partial charge in [-0.1, -0.05) is 18.2 Å². The third-order valence-electron chi connectivity index (χ3n) is 8.03. The van der Waals surface area contributed by atoms with Crippen molar-refractivity contribution in [2.75, 3.05) is 37.7 Å².